The van der Waals surface area contributed by atoms with E-state index >= 15 is 0 Å². The van der Waals surface area contributed by atoms with Crippen molar-refractivity contribution in [3.05, 3.63) is 46.0 Å². The molecular weight excluding hydrogens is 258 g/mol. The van der Waals surface area contributed by atoms with Crippen LogP contribution in [-0.2, 0) is 17.8 Å². The van der Waals surface area contributed by atoms with E-state index in [0.717, 1.165) is 21.7 Å². The van der Waals surface area contributed by atoms with Gasteiger partial charge in [-0.2, -0.15) is 0 Å². The molecular formula is C14H17N3OS. The van der Waals surface area contributed by atoms with Crippen LogP contribution in [0.4, 0.5) is 5.13 Å². The first-order valence-corrected chi connectivity index (χ1v) is 6.92. The molecule has 1 aromatic heterocycles. The van der Waals surface area contributed by atoms with Gasteiger partial charge < -0.3 is 11.1 Å². The van der Waals surface area contributed by atoms with Gasteiger partial charge in [0.1, 0.15) is 0 Å². The minimum Gasteiger partial charge on any atom is -0.326 e. The molecule has 2 rings (SSSR count). The van der Waals surface area contributed by atoms with E-state index in [1.807, 2.05) is 38.1 Å². The molecule has 1 heterocycles. The van der Waals surface area contributed by atoms with Gasteiger partial charge in [0.25, 0.3) is 0 Å². The van der Waals surface area contributed by atoms with Gasteiger partial charge >= 0.3 is 0 Å². The lowest BCUT2D eigenvalue weighted by Gasteiger charge is -2.06. The van der Waals surface area contributed by atoms with Crippen molar-refractivity contribution >= 4 is 22.4 Å². The number of nitrogens with one attached hydrogen (secondary N) is 1. The van der Waals surface area contributed by atoms with E-state index in [1.54, 1.807) is 0 Å². The number of carbonyl (C=O) groups is 1. The van der Waals surface area contributed by atoms with Crippen LogP contribution < -0.4 is 11.1 Å². The lowest BCUT2D eigenvalue weighted by Crippen LogP contribution is -2.16. The fraction of sp³-hybridized carbons (Fsp3) is 0.286. The molecule has 1 amide bonds. The SMILES string of the molecule is Cc1nc(NC(=O)Cc2ccccc2CN)sc1C. The molecule has 0 aliphatic heterocycles. The molecule has 0 atom stereocenters. The van der Waals surface area contributed by atoms with Crippen molar-refractivity contribution in [2.75, 3.05) is 5.32 Å². The minimum atomic E-state index is -0.0605. The quantitative estimate of drug-likeness (QED) is 0.900. The van der Waals surface area contributed by atoms with Crippen molar-refractivity contribution in [1.29, 1.82) is 0 Å². The Morgan fingerprint density at radius 2 is 2.00 bits per heavy atom. The normalized spacial score (nSPS) is 10.5. The average Bonchev–Trinajstić information content (AvgIpc) is 2.68. The largest absolute Gasteiger partial charge is 0.326 e. The number of hydrogen-bond donors (Lipinski definition) is 2. The summed E-state index contributed by atoms with van der Waals surface area (Å²) < 4.78 is 0. The molecule has 2 aromatic rings. The van der Waals surface area contributed by atoms with Gasteiger partial charge in [0, 0.05) is 11.4 Å². The molecule has 0 unspecified atom stereocenters. The van der Waals surface area contributed by atoms with E-state index in [-0.39, 0.29) is 5.91 Å². The zero-order valence-electron chi connectivity index (χ0n) is 11.1. The summed E-state index contributed by atoms with van der Waals surface area (Å²) in [7, 11) is 0. The van der Waals surface area contributed by atoms with Crippen LogP contribution in [-0.4, -0.2) is 10.9 Å². The van der Waals surface area contributed by atoms with Crippen LogP contribution in [0.2, 0.25) is 0 Å². The Bertz CT molecular complexity index is 573. The predicted molar refractivity (Wildman–Crippen MR) is 78.3 cm³/mol. The third-order valence-electron chi connectivity index (χ3n) is 2.96. The number of thiazole rings is 1. The smallest absolute Gasteiger partial charge is 0.230 e. The van der Waals surface area contributed by atoms with Gasteiger partial charge in [0.2, 0.25) is 5.91 Å². The van der Waals surface area contributed by atoms with Crippen LogP contribution in [0.25, 0.3) is 0 Å². The van der Waals surface area contributed by atoms with Gasteiger partial charge in [0.15, 0.2) is 5.13 Å². The summed E-state index contributed by atoms with van der Waals surface area (Å²) in [6, 6.07) is 7.72. The highest BCUT2D eigenvalue weighted by molar-refractivity contribution is 7.15. The van der Waals surface area contributed by atoms with E-state index in [0.29, 0.717) is 18.1 Å². The highest BCUT2D eigenvalue weighted by atomic mass is 32.1. The van der Waals surface area contributed by atoms with Crippen LogP contribution in [0.5, 0.6) is 0 Å². The number of nitrogens with zero attached hydrogens (tertiary/aromatic N) is 1. The number of benzene rings is 1. The number of amides is 1. The maximum atomic E-state index is 12.0. The summed E-state index contributed by atoms with van der Waals surface area (Å²) in [6.45, 7) is 4.37. The van der Waals surface area contributed by atoms with Crippen molar-refractivity contribution in [3.8, 4) is 0 Å². The molecule has 100 valence electrons. The lowest BCUT2D eigenvalue weighted by atomic mass is 10.0. The van der Waals surface area contributed by atoms with Gasteiger partial charge in [-0.15, -0.1) is 11.3 Å². The second kappa shape index (κ2) is 5.95. The fourth-order valence-corrected chi connectivity index (χ4v) is 2.62. The summed E-state index contributed by atoms with van der Waals surface area (Å²) in [5.41, 5.74) is 8.59. The Morgan fingerprint density at radius 3 is 2.58 bits per heavy atom. The number of aryl methyl sites for hydroxylation is 2. The number of carbonyl (C=O) groups excluding carboxylic acids is 1. The van der Waals surface area contributed by atoms with E-state index in [2.05, 4.69) is 10.3 Å². The van der Waals surface area contributed by atoms with Crippen LogP contribution >= 0.6 is 11.3 Å². The molecule has 0 radical (unpaired) electrons. The standard InChI is InChI=1S/C14H17N3OS/c1-9-10(2)19-14(16-9)17-13(18)7-11-5-3-4-6-12(11)8-15/h3-6H,7-8,15H2,1-2H3,(H,16,17,18). The van der Waals surface area contributed by atoms with Crippen molar-refractivity contribution < 1.29 is 4.79 Å². The van der Waals surface area contributed by atoms with E-state index < -0.39 is 0 Å². The van der Waals surface area contributed by atoms with E-state index in [1.165, 1.54) is 11.3 Å². The minimum absolute atomic E-state index is 0.0605. The second-order valence-electron chi connectivity index (χ2n) is 4.36. The predicted octanol–water partition coefficient (Wildman–Crippen LogP) is 2.40. The topological polar surface area (TPSA) is 68.0 Å². The summed E-state index contributed by atoms with van der Waals surface area (Å²) in [6.07, 6.45) is 0.324. The van der Waals surface area contributed by atoms with Gasteiger partial charge in [-0.1, -0.05) is 24.3 Å². The Hall–Kier alpha value is -1.72. The summed E-state index contributed by atoms with van der Waals surface area (Å²) in [5, 5.41) is 3.49. The van der Waals surface area contributed by atoms with Gasteiger partial charge in [0.05, 0.1) is 12.1 Å². The van der Waals surface area contributed by atoms with Gasteiger partial charge in [-0.25, -0.2) is 4.98 Å². The average molecular weight is 275 g/mol. The molecule has 3 N–H and O–H groups in total. The molecule has 5 heteroatoms. The molecule has 0 aliphatic carbocycles. The third kappa shape index (κ3) is 3.39. The Morgan fingerprint density at radius 1 is 1.32 bits per heavy atom. The number of rotatable bonds is 4. The zero-order valence-corrected chi connectivity index (χ0v) is 11.9. The fourth-order valence-electron chi connectivity index (χ4n) is 1.79. The molecule has 0 spiro atoms. The maximum Gasteiger partial charge on any atom is 0.230 e. The Labute approximate surface area is 116 Å². The molecule has 19 heavy (non-hydrogen) atoms. The summed E-state index contributed by atoms with van der Waals surface area (Å²) in [5.74, 6) is -0.0605. The van der Waals surface area contributed by atoms with E-state index in [9.17, 15) is 4.79 Å². The molecule has 0 aliphatic rings. The van der Waals surface area contributed by atoms with Gasteiger partial charge in [-0.05, 0) is 25.0 Å². The molecule has 0 bridgehead atoms. The van der Waals surface area contributed by atoms with E-state index in [4.69, 9.17) is 5.73 Å². The number of aromatic nitrogens is 1. The van der Waals surface area contributed by atoms with Gasteiger partial charge in [-0.3, -0.25) is 4.79 Å². The first-order valence-electron chi connectivity index (χ1n) is 6.11. The van der Waals surface area contributed by atoms with Crippen molar-refractivity contribution in [2.24, 2.45) is 5.73 Å². The van der Waals surface area contributed by atoms with Crippen LogP contribution in [0.15, 0.2) is 24.3 Å². The highest BCUT2D eigenvalue weighted by Crippen LogP contribution is 2.21. The molecule has 0 saturated heterocycles. The Kier molecular flexibility index (Phi) is 4.29. The summed E-state index contributed by atoms with van der Waals surface area (Å²) >= 11 is 1.50. The van der Waals surface area contributed by atoms with Crippen LogP contribution in [0, 0.1) is 13.8 Å². The highest BCUT2D eigenvalue weighted by Gasteiger charge is 2.10. The number of anilines is 1. The van der Waals surface area contributed by atoms with Crippen molar-refractivity contribution in [2.45, 2.75) is 26.8 Å². The first kappa shape index (κ1) is 13.7. The first-order chi connectivity index (χ1) is 9.10. The monoisotopic (exact) mass is 275 g/mol. The zero-order chi connectivity index (χ0) is 13.8. The van der Waals surface area contributed by atoms with Crippen molar-refractivity contribution in [1.82, 2.24) is 4.98 Å². The maximum absolute atomic E-state index is 12.0. The molecule has 1 aromatic carbocycles. The number of hydrogen-bond acceptors (Lipinski definition) is 4. The summed E-state index contributed by atoms with van der Waals surface area (Å²) in [4.78, 5) is 17.4. The van der Waals surface area contributed by atoms with Crippen LogP contribution in [0.1, 0.15) is 21.7 Å². The third-order valence-corrected chi connectivity index (χ3v) is 3.95. The molecule has 0 saturated carbocycles. The lowest BCUT2D eigenvalue weighted by molar-refractivity contribution is -0.115. The molecule has 4 nitrogen and oxygen atoms in total. The second-order valence-corrected chi connectivity index (χ2v) is 5.56. The number of nitrogens with two attached hydrogens (primary N) is 1. The Balaban J connectivity index is 2.05. The molecule has 0 fully saturated rings. The van der Waals surface area contributed by atoms with Crippen molar-refractivity contribution in [3.63, 3.8) is 0 Å². The van der Waals surface area contributed by atoms with Crippen LogP contribution in [0.3, 0.4) is 0 Å².